The fourth-order valence-corrected chi connectivity index (χ4v) is 0.306. The molecule has 0 saturated heterocycles. The zero-order valence-corrected chi connectivity index (χ0v) is 6.23. The molecule has 6 nitrogen and oxygen atoms in total. The average molecular weight is 169 g/mol. The van der Waals surface area contributed by atoms with Gasteiger partial charge in [-0.3, -0.25) is 9.45 Å². The molecule has 0 aliphatic rings. The Morgan fingerprint density at radius 1 is 1.80 bits per heavy atom. The van der Waals surface area contributed by atoms with Gasteiger partial charge in [0.05, 0.1) is 0 Å². The van der Waals surface area contributed by atoms with Crippen molar-refractivity contribution in [1.82, 2.24) is 0 Å². The molecule has 0 fully saturated rings. The highest BCUT2D eigenvalue weighted by atomic mass is 31.1. The topological polar surface area (TPSA) is 98.9 Å². The molecular weight excluding hydrogens is 161 g/mol. The van der Waals surface area contributed by atoms with Gasteiger partial charge in [-0.25, -0.2) is 4.79 Å². The first-order valence-corrected chi connectivity index (χ1v) is 3.67. The van der Waals surface area contributed by atoms with Gasteiger partial charge in [-0.1, -0.05) is 4.67 Å². The van der Waals surface area contributed by atoms with E-state index in [4.69, 9.17) is 10.6 Å². The Morgan fingerprint density at radius 3 is 2.60 bits per heavy atom. The molecular formula is C3H8NO5P. The van der Waals surface area contributed by atoms with Gasteiger partial charge >= 0.3 is 14.2 Å². The van der Waals surface area contributed by atoms with Crippen molar-refractivity contribution in [3.63, 3.8) is 0 Å². The molecule has 0 radical (unpaired) electrons. The van der Waals surface area contributed by atoms with Crippen molar-refractivity contribution in [1.29, 1.82) is 0 Å². The first kappa shape index (κ1) is 9.58. The van der Waals surface area contributed by atoms with Crippen LogP contribution < -0.4 is 5.73 Å². The summed E-state index contributed by atoms with van der Waals surface area (Å²) in [6, 6.07) is -0.860. The Kier molecular flexibility index (Phi) is 4.22. The van der Waals surface area contributed by atoms with Crippen LogP contribution in [0.3, 0.4) is 0 Å². The van der Waals surface area contributed by atoms with E-state index in [0.717, 1.165) is 0 Å². The van der Waals surface area contributed by atoms with Crippen molar-refractivity contribution >= 4 is 14.2 Å². The number of nitrogens with two attached hydrogens (primary N) is 1. The third-order valence-electron chi connectivity index (χ3n) is 0.567. The van der Waals surface area contributed by atoms with E-state index in [9.17, 15) is 9.36 Å². The van der Waals surface area contributed by atoms with Crippen LogP contribution >= 0.6 is 8.25 Å². The fourth-order valence-electron chi connectivity index (χ4n) is 0.153. The lowest BCUT2D eigenvalue weighted by molar-refractivity contribution is -0.215. The molecule has 0 aromatic heterocycles. The predicted molar refractivity (Wildman–Crippen MR) is 32.0 cm³/mol. The van der Waals surface area contributed by atoms with Crippen molar-refractivity contribution in [3.8, 4) is 0 Å². The summed E-state index contributed by atoms with van der Waals surface area (Å²) in [5, 5.41) is 0. The summed E-state index contributed by atoms with van der Waals surface area (Å²) >= 11 is 0. The standard InChI is InChI=1S/C3H8NO5P/c1-2(4)3(5)8-9-10(6)7/h2,10H,4H2,1H3,(H,6,7). The van der Waals surface area contributed by atoms with E-state index >= 15 is 0 Å². The van der Waals surface area contributed by atoms with Crippen LogP contribution in [0.5, 0.6) is 0 Å². The van der Waals surface area contributed by atoms with Gasteiger partial charge < -0.3 is 10.6 Å². The summed E-state index contributed by atoms with van der Waals surface area (Å²) in [7, 11) is -3.21. The molecule has 0 aliphatic carbocycles. The van der Waals surface area contributed by atoms with Crippen LogP contribution in [0.15, 0.2) is 0 Å². The predicted octanol–water partition coefficient (Wildman–Crippen LogP) is -0.810. The highest BCUT2D eigenvalue weighted by Crippen LogP contribution is 2.14. The van der Waals surface area contributed by atoms with Crippen LogP contribution in [0.2, 0.25) is 0 Å². The van der Waals surface area contributed by atoms with Crippen molar-refractivity contribution in [2.75, 3.05) is 0 Å². The molecule has 10 heavy (non-hydrogen) atoms. The zero-order valence-electron chi connectivity index (χ0n) is 5.23. The molecule has 0 heterocycles. The first-order chi connectivity index (χ1) is 4.54. The molecule has 7 heteroatoms. The van der Waals surface area contributed by atoms with Gasteiger partial charge in [-0.15, -0.1) is 0 Å². The van der Waals surface area contributed by atoms with E-state index in [2.05, 4.69) is 9.56 Å². The molecule has 0 bridgehead atoms. The van der Waals surface area contributed by atoms with Crippen molar-refractivity contribution in [3.05, 3.63) is 0 Å². The van der Waals surface area contributed by atoms with Crippen LogP contribution in [0, 0.1) is 0 Å². The van der Waals surface area contributed by atoms with Gasteiger partial charge in [-0.05, 0) is 6.92 Å². The Bertz CT molecular complexity index is 146. The normalized spacial score (nSPS) is 15.9. The van der Waals surface area contributed by atoms with E-state index in [1.54, 1.807) is 0 Å². The molecule has 0 saturated carbocycles. The largest absolute Gasteiger partial charge is 0.359 e. The lowest BCUT2D eigenvalue weighted by Gasteiger charge is -2.01. The molecule has 60 valence electrons. The molecule has 2 unspecified atom stereocenters. The number of carbonyl (C=O) groups is 1. The highest BCUT2D eigenvalue weighted by Gasteiger charge is 2.10. The van der Waals surface area contributed by atoms with Crippen LogP contribution in [-0.2, 0) is 18.9 Å². The van der Waals surface area contributed by atoms with Gasteiger partial charge in [0.2, 0.25) is 0 Å². The molecule has 0 aromatic carbocycles. The van der Waals surface area contributed by atoms with Crippen molar-refractivity contribution in [2.45, 2.75) is 13.0 Å². The van der Waals surface area contributed by atoms with Gasteiger partial charge in [0.1, 0.15) is 6.04 Å². The van der Waals surface area contributed by atoms with E-state index < -0.39 is 20.3 Å². The summed E-state index contributed by atoms with van der Waals surface area (Å²) in [5.74, 6) is -0.882. The molecule has 2 atom stereocenters. The second kappa shape index (κ2) is 4.40. The molecule has 0 aromatic rings. The quantitative estimate of drug-likeness (QED) is 0.325. The summed E-state index contributed by atoms with van der Waals surface area (Å²) in [6.45, 7) is 1.36. The average Bonchev–Trinajstić information content (AvgIpc) is 1.82. The summed E-state index contributed by atoms with van der Waals surface area (Å²) < 4.78 is 13.4. The van der Waals surface area contributed by atoms with Crippen LogP contribution in [-0.4, -0.2) is 16.9 Å². The van der Waals surface area contributed by atoms with Crippen LogP contribution in [0.1, 0.15) is 6.92 Å². The third-order valence-corrected chi connectivity index (χ3v) is 0.793. The third kappa shape index (κ3) is 4.46. The number of rotatable bonds is 3. The molecule has 0 aliphatic heterocycles. The van der Waals surface area contributed by atoms with E-state index in [1.165, 1.54) is 6.92 Å². The second-order valence-corrected chi connectivity index (χ2v) is 2.24. The maximum absolute atomic E-state index is 10.3. The zero-order chi connectivity index (χ0) is 8.15. The Morgan fingerprint density at radius 2 is 2.30 bits per heavy atom. The van der Waals surface area contributed by atoms with Gasteiger partial charge in [0.25, 0.3) is 0 Å². The fraction of sp³-hybridized carbons (Fsp3) is 0.667. The summed E-state index contributed by atoms with van der Waals surface area (Å²) in [4.78, 5) is 22.1. The van der Waals surface area contributed by atoms with Gasteiger partial charge in [0.15, 0.2) is 0 Å². The van der Waals surface area contributed by atoms with Crippen LogP contribution in [0.4, 0.5) is 0 Å². The first-order valence-electron chi connectivity index (χ1n) is 2.41. The Balaban J connectivity index is 3.50. The molecule has 0 amide bonds. The molecule has 0 rings (SSSR count). The monoisotopic (exact) mass is 169 g/mol. The highest BCUT2D eigenvalue weighted by molar-refractivity contribution is 7.31. The number of hydrogen-bond donors (Lipinski definition) is 2. The van der Waals surface area contributed by atoms with E-state index in [1.807, 2.05) is 0 Å². The van der Waals surface area contributed by atoms with Crippen LogP contribution in [0.25, 0.3) is 0 Å². The van der Waals surface area contributed by atoms with Gasteiger partial charge in [-0.2, -0.15) is 0 Å². The Hall–Kier alpha value is -0.420. The maximum atomic E-state index is 10.3. The maximum Gasteiger partial charge on any atom is 0.359 e. The van der Waals surface area contributed by atoms with E-state index in [0.29, 0.717) is 0 Å². The van der Waals surface area contributed by atoms with Gasteiger partial charge in [0, 0.05) is 0 Å². The SMILES string of the molecule is CC(N)C(=O)OO[PH](=O)O. The minimum absolute atomic E-state index is 0.860. The molecule has 3 N–H and O–H groups in total. The molecule has 0 spiro atoms. The smallest absolute Gasteiger partial charge is 0.324 e. The number of carbonyl (C=O) groups excluding carboxylic acids is 1. The summed E-state index contributed by atoms with van der Waals surface area (Å²) in [5.41, 5.74) is 5.00. The van der Waals surface area contributed by atoms with Crippen molar-refractivity contribution in [2.24, 2.45) is 5.73 Å². The minimum atomic E-state index is -3.21. The second-order valence-electron chi connectivity index (χ2n) is 1.54. The summed E-state index contributed by atoms with van der Waals surface area (Å²) in [6.07, 6.45) is 0. The number of hydrogen-bond acceptors (Lipinski definition) is 5. The van der Waals surface area contributed by atoms with E-state index in [-0.39, 0.29) is 0 Å². The minimum Gasteiger partial charge on any atom is -0.324 e. The Labute approximate surface area is 57.8 Å². The van der Waals surface area contributed by atoms with Crippen molar-refractivity contribution < 1.29 is 23.8 Å². The lowest BCUT2D eigenvalue weighted by Crippen LogP contribution is -2.28. The lowest BCUT2D eigenvalue weighted by atomic mass is 10.4.